The molecule has 0 saturated carbocycles. The Morgan fingerprint density at radius 1 is 1.36 bits per heavy atom. The van der Waals surface area contributed by atoms with Crippen LogP contribution in [0.15, 0.2) is 52.7 Å². The van der Waals surface area contributed by atoms with Gasteiger partial charge in [0.2, 0.25) is 0 Å². The fraction of sp³-hybridized carbons (Fsp3) is 0.167. The highest BCUT2D eigenvalue weighted by Gasteiger charge is 2.13. The summed E-state index contributed by atoms with van der Waals surface area (Å²) in [6.45, 7) is 1.59. The van der Waals surface area contributed by atoms with Crippen molar-refractivity contribution in [3.8, 4) is 0 Å². The monoisotopic (exact) mass is 185 g/mol. The highest BCUT2D eigenvalue weighted by molar-refractivity contribution is 6.05. The largest absolute Gasteiger partial charge is 0.295 e. The lowest BCUT2D eigenvalue weighted by molar-refractivity contribution is -0.113. The summed E-state index contributed by atoms with van der Waals surface area (Å²) in [6, 6.07) is 0. The van der Waals surface area contributed by atoms with E-state index in [0.29, 0.717) is 0 Å². The van der Waals surface area contributed by atoms with Crippen LogP contribution in [0.5, 0.6) is 0 Å². The molecule has 0 unspecified atom stereocenters. The molecule has 14 heavy (non-hydrogen) atoms. The Balaban J connectivity index is 2.48. The van der Waals surface area contributed by atoms with Crippen LogP contribution in [0, 0.1) is 0 Å². The van der Waals surface area contributed by atoms with Gasteiger partial charge in [-0.05, 0) is 24.6 Å². The van der Waals surface area contributed by atoms with Crippen molar-refractivity contribution >= 4 is 11.5 Å². The molecule has 2 nitrogen and oxygen atoms in total. The molecule has 0 atom stereocenters. The van der Waals surface area contributed by atoms with E-state index in [-0.39, 0.29) is 5.78 Å². The van der Waals surface area contributed by atoms with E-state index in [1.54, 1.807) is 13.1 Å². The Bertz CT molecular complexity index is 420. The van der Waals surface area contributed by atoms with Gasteiger partial charge in [-0.3, -0.25) is 9.79 Å². The first kappa shape index (κ1) is 8.88. The van der Waals surface area contributed by atoms with Gasteiger partial charge in [0.1, 0.15) is 0 Å². The van der Waals surface area contributed by atoms with Crippen molar-refractivity contribution in [3.05, 3.63) is 47.7 Å². The maximum atomic E-state index is 11.4. The molecule has 0 aromatic carbocycles. The summed E-state index contributed by atoms with van der Waals surface area (Å²) in [6.07, 6.45) is 12.0. The van der Waals surface area contributed by atoms with E-state index in [2.05, 4.69) is 4.99 Å². The number of allylic oxidation sites excluding steroid dienone is 7. The molecule has 0 fully saturated rings. The third kappa shape index (κ3) is 1.64. The van der Waals surface area contributed by atoms with Crippen LogP contribution in [0.3, 0.4) is 0 Å². The average molecular weight is 185 g/mol. The van der Waals surface area contributed by atoms with Gasteiger partial charge >= 0.3 is 0 Å². The number of rotatable bonds is 1. The maximum absolute atomic E-state index is 11.4. The van der Waals surface area contributed by atoms with Crippen molar-refractivity contribution in [2.45, 2.75) is 13.3 Å². The maximum Gasteiger partial charge on any atom is 0.160 e. The van der Waals surface area contributed by atoms with E-state index in [1.807, 2.05) is 30.4 Å². The molecule has 0 aromatic rings. The van der Waals surface area contributed by atoms with Gasteiger partial charge in [0.05, 0.1) is 0 Å². The zero-order valence-corrected chi connectivity index (χ0v) is 8.03. The van der Waals surface area contributed by atoms with Gasteiger partial charge in [0.15, 0.2) is 5.78 Å². The number of fused-ring (bicyclic) bond motifs is 2. The molecule has 1 aliphatic carbocycles. The van der Waals surface area contributed by atoms with Gasteiger partial charge in [-0.1, -0.05) is 18.2 Å². The average Bonchev–Trinajstić information content (AvgIpc) is 2.48. The molecule has 70 valence electrons. The second kappa shape index (κ2) is 3.58. The number of ketones is 1. The van der Waals surface area contributed by atoms with Crippen LogP contribution in [0.25, 0.3) is 0 Å². The lowest BCUT2D eigenvalue weighted by Crippen LogP contribution is -2.02. The lowest BCUT2D eigenvalue weighted by atomic mass is 9.99. The molecule has 0 amide bonds. The third-order valence-corrected chi connectivity index (χ3v) is 2.27. The first-order chi connectivity index (χ1) is 6.77. The molecule has 0 N–H and O–H groups in total. The summed E-state index contributed by atoms with van der Waals surface area (Å²) in [5, 5.41) is 0. The number of nitrogens with zero attached hydrogens (tertiary/aromatic N) is 1. The predicted octanol–water partition coefficient (Wildman–Crippen LogP) is 2.36. The molecule has 1 heterocycles. The van der Waals surface area contributed by atoms with Gasteiger partial charge in [0.25, 0.3) is 0 Å². The normalized spacial score (nSPS) is 19.1. The molecular formula is C12H11NO. The molecule has 0 radical (unpaired) electrons. The van der Waals surface area contributed by atoms with Crippen molar-refractivity contribution in [1.82, 2.24) is 0 Å². The van der Waals surface area contributed by atoms with Crippen LogP contribution in [0.2, 0.25) is 0 Å². The summed E-state index contributed by atoms with van der Waals surface area (Å²) in [5.41, 5.74) is 2.84. The van der Waals surface area contributed by atoms with Gasteiger partial charge < -0.3 is 0 Å². The van der Waals surface area contributed by atoms with Crippen LogP contribution in [0.1, 0.15) is 13.3 Å². The number of hydrogen-bond acceptors (Lipinski definition) is 2. The Hall–Kier alpha value is -1.70. The van der Waals surface area contributed by atoms with Crippen molar-refractivity contribution in [3.63, 3.8) is 0 Å². The first-order valence-corrected chi connectivity index (χ1v) is 4.59. The van der Waals surface area contributed by atoms with Crippen LogP contribution in [-0.2, 0) is 4.79 Å². The summed E-state index contributed by atoms with van der Waals surface area (Å²) in [5.74, 6) is 0.109. The molecule has 0 aromatic heterocycles. The number of carbonyl (C=O) groups excluding carboxylic acids is 1. The molecule has 1 aliphatic heterocycles. The molecule has 2 bridgehead atoms. The van der Waals surface area contributed by atoms with Crippen LogP contribution >= 0.6 is 0 Å². The minimum Gasteiger partial charge on any atom is -0.295 e. The topological polar surface area (TPSA) is 29.4 Å². The van der Waals surface area contributed by atoms with Gasteiger partial charge in [-0.15, -0.1) is 0 Å². The molecule has 0 spiro atoms. The van der Waals surface area contributed by atoms with Crippen molar-refractivity contribution < 1.29 is 4.79 Å². The fourth-order valence-corrected chi connectivity index (χ4v) is 1.59. The quantitative estimate of drug-likeness (QED) is 0.616. The molecule has 0 saturated heterocycles. The van der Waals surface area contributed by atoms with Crippen molar-refractivity contribution in [1.29, 1.82) is 0 Å². The standard InChI is InChI=1S/C12H11NO/c1-9(14)12-6-2-5-11-8-10(12)4-3-7-13-11/h2-7H,8H2,1H3. The lowest BCUT2D eigenvalue weighted by Gasteiger charge is -2.04. The Morgan fingerprint density at radius 2 is 2.21 bits per heavy atom. The van der Waals surface area contributed by atoms with Gasteiger partial charge in [-0.2, -0.15) is 0 Å². The van der Waals surface area contributed by atoms with Gasteiger partial charge in [-0.25, -0.2) is 0 Å². The second-order valence-corrected chi connectivity index (χ2v) is 3.33. The summed E-state index contributed by atoms with van der Waals surface area (Å²) >= 11 is 0. The predicted molar refractivity (Wildman–Crippen MR) is 57.2 cm³/mol. The Labute approximate surface area is 83.0 Å². The minimum absolute atomic E-state index is 0.109. The molecule has 2 aliphatic rings. The Kier molecular flexibility index (Phi) is 2.27. The number of aliphatic imine (C=N–C) groups is 1. The first-order valence-electron chi connectivity index (χ1n) is 4.59. The smallest absolute Gasteiger partial charge is 0.160 e. The van der Waals surface area contributed by atoms with Crippen LogP contribution in [0.4, 0.5) is 0 Å². The van der Waals surface area contributed by atoms with E-state index >= 15 is 0 Å². The minimum atomic E-state index is 0.109. The van der Waals surface area contributed by atoms with E-state index in [1.165, 1.54) is 0 Å². The number of carbonyl (C=O) groups is 1. The molecule has 2 heteroatoms. The third-order valence-electron chi connectivity index (χ3n) is 2.27. The molecular weight excluding hydrogens is 174 g/mol. The highest BCUT2D eigenvalue weighted by Crippen LogP contribution is 2.21. The summed E-state index contributed by atoms with van der Waals surface area (Å²) < 4.78 is 0. The van der Waals surface area contributed by atoms with E-state index in [4.69, 9.17) is 0 Å². The summed E-state index contributed by atoms with van der Waals surface area (Å²) in [7, 11) is 0. The molecule has 2 rings (SSSR count). The van der Waals surface area contributed by atoms with E-state index < -0.39 is 0 Å². The van der Waals surface area contributed by atoms with Crippen molar-refractivity contribution in [2.24, 2.45) is 4.99 Å². The van der Waals surface area contributed by atoms with E-state index in [9.17, 15) is 4.79 Å². The number of hydrogen-bond donors (Lipinski definition) is 0. The Morgan fingerprint density at radius 3 is 3.00 bits per heavy atom. The van der Waals surface area contributed by atoms with E-state index in [0.717, 1.165) is 23.3 Å². The highest BCUT2D eigenvalue weighted by atomic mass is 16.1. The zero-order chi connectivity index (χ0) is 9.97. The SMILES string of the molecule is CC(=O)C1=CC=CC2=NC=CC=C1C2. The van der Waals surface area contributed by atoms with Crippen LogP contribution < -0.4 is 0 Å². The second-order valence-electron chi connectivity index (χ2n) is 3.33. The van der Waals surface area contributed by atoms with Crippen molar-refractivity contribution in [2.75, 3.05) is 0 Å². The van der Waals surface area contributed by atoms with Gasteiger partial charge in [0, 0.05) is 23.9 Å². The zero-order valence-electron chi connectivity index (χ0n) is 8.03. The summed E-state index contributed by atoms with van der Waals surface area (Å²) in [4.78, 5) is 15.6. The van der Waals surface area contributed by atoms with Crippen LogP contribution in [-0.4, -0.2) is 11.5 Å². The fourth-order valence-electron chi connectivity index (χ4n) is 1.59. The number of Topliss-reactive ketones (excluding diaryl/α,β-unsaturated/α-hetero) is 1.